The number of amides is 1. The Balaban J connectivity index is 1.58. The molecule has 0 bridgehead atoms. The molecule has 2 aromatic heterocycles. The summed E-state index contributed by atoms with van der Waals surface area (Å²) in [6.45, 7) is 8.65. The van der Waals surface area contributed by atoms with Crippen LogP contribution in [0.15, 0.2) is 17.5 Å². The van der Waals surface area contributed by atoms with Gasteiger partial charge >= 0.3 is 0 Å². The molecule has 23 heavy (non-hydrogen) atoms. The van der Waals surface area contributed by atoms with E-state index in [1.54, 1.807) is 11.3 Å². The SMILES string of the molecule is Cc1cc(N2CCN(Cc3cc(C(N)=O)cs3)CC2)nc(C)n1. The minimum Gasteiger partial charge on any atom is -0.366 e. The summed E-state index contributed by atoms with van der Waals surface area (Å²) >= 11 is 1.60. The molecule has 1 aliphatic rings. The number of thiophene rings is 1. The number of carbonyl (C=O) groups is 1. The minimum atomic E-state index is -0.355. The van der Waals surface area contributed by atoms with Crippen molar-refractivity contribution >= 4 is 23.1 Å². The molecule has 1 amide bonds. The van der Waals surface area contributed by atoms with Crippen molar-refractivity contribution in [1.29, 1.82) is 0 Å². The maximum Gasteiger partial charge on any atom is 0.249 e. The maximum atomic E-state index is 11.2. The Kier molecular flexibility index (Phi) is 4.58. The lowest BCUT2D eigenvalue weighted by Crippen LogP contribution is -2.46. The Bertz CT molecular complexity index is 686. The second-order valence-corrected chi connectivity index (χ2v) is 6.84. The predicted molar refractivity (Wildman–Crippen MR) is 91.8 cm³/mol. The van der Waals surface area contributed by atoms with Crippen LogP contribution in [0.4, 0.5) is 5.82 Å². The molecule has 0 unspecified atom stereocenters. The van der Waals surface area contributed by atoms with Gasteiger partial charge in [0.1, 0.15) is 11.6 Å². The van der Waals surface area contributed by atoms with Gasteiger partial charge < -0.3 is 10.6 Å². The van der Waals surface area contributed by atoms with E-state index in [4.69, 9.17) is 5.73 Å². The maximum absolute atomic E-state index is 11.2. The highest BCUT2D eigenvalue weighted by Crippen LogP contribution is 2.19. The number of aryl methyl sites for hydroxylation is 2. The molecule has 2 N–H and O–H groups in total. The Morgan fingerprint density at radius 3 is 2.57 bits per heavy atom. The summed E-state index contributed by atoms with van der Waals surface area (Å²) in [5, 5.41) is 1.83. The molecule has 122 valence electrons. The topological polar surface area (TPSA) is 75.3 Å². The Morgan fingerprint density at radius 2 is 1.96 bits per heavy atom. The molecule has 0 radical (unpaired) electrons. The monoisotopic (exact) mass is 331 g/mol. The van der Waals surface area contributed by atoms with Crippen LogP contribution in [0.3, 0.4) is 0 Å². The second kappa shape index (κ2) is 6.64. The molecule has 1 fully saturated rings. The van der Waals surface area contributed by atoms with Gasteiger partial charge in [-0.2, -0.15) is 0 Å². The van der Waals surface area contributed by atoms with Crippen molar-refractivity contribution in [2.24, 2.45) is 5.73 Å². The number of aromatic nitrogens is 2. The summed E-state index contributed by atoms with van der Waals surface area (Å²) in [5.74, 6) is 1.48. The van der Waals surface area contributed by atoms with Gasteiger partial charge in [-0.15, -0.1) is 11.3 Å². The molecule has 0 spiro atoms. The van der Waals surface area contributed by atoms with E-state index in [1.165, 1.54) is 4.88 Å². The Labute approximate surface area is 140 Å². The number of primary amides is 1. The average Bonchev–Trinajstić information content (AvgIpc) is 2.96. The summed E-state index contributed by atoms with van der Waals surface area (Å²) in [6.07, 6.45) is 0. The van der Waals surface area contributed by atoms with Gasteiger partial charge in [0.15, 0.2) is 0 Å². The van der Waals surface area contributed by atoms with Crippen LogP contribution in [0.1, 0.15) is 26.8 Å². The molecule has 6 nitrogen and oxygen atoms in total. The van der Waals surface area contributed by atoms with Crippen molar-refractivity contribution in [3.63, 3.8) is 0 Å². The summed E-state index contributed by atoms with van der Waals surface area (Å²) < 4.78 is 0. The van der Waals surface area contributed by atoms with Crippen LogP contribution in [-0.4, -0.2) is 47.0 Å². The van der Waals surface area contributed by atoms with Gasteiger partial charge in [-0.3, -0.25) is 9.69 Å². The number of carbonyl (C=O) groups excluding carboxylic acids is 1. The lowest BCUT2D eigenvalue weighted by molar-refractivity contribution is 0.100. The first-order valence-corrected chi connectivity index (χ1v) is 8.56. The Morgan fingerprint density at radius 1 is 1.22 bits per heavy atom. The zero-order valence-corrected chi connectivity index (χ0v) is 14.3. The van der Waals surface area contributed by atoms with E-state index in [2.05, 4.69) is 19.8 Å². The standard InChI is InChI=1S/C16H21N5OS/c1-11-7-15(19-12(2)18-11)21-5-3-20(4-6-21)9-14-8-13(10-23-14)16(17)22/h7-8,10H,3-6,9H2,1-2H3,(H2,17,22). The highest BCUT2D eigenvalue weighted by Gasteiger charge is 2.19. The first-order valence-electron chi connectivity index (χ1n) is 7.68. The van der Waals surface area contributed by atoms with Crippen molar-refractivity contribution in [3.8, 4) is 0 Å². The quantitative estimate of drug-likeness (QED) is 0.920. The van der Waals surface area contributed by atoms with Gasteiger partial charge in [-0.25, -0.2) is 9.97 Å². The van der Waals surface area contributed by atoms with Crippen LogP contribution in [0.25, 0.3) is 0 Å². The highest BCUT2D eigenvalue weighted by atomic mass is 32.1. The van der Waals surface area contributed by atoms with Crippen molar-refractivity contribution in [1.82, 2.24) is 14.9 Å². The van der Waals surface area contributed by atoms with Crippen LogP contribution in [-0.2, 0) is 6.54 Å². The first kappa shape index (κ1) is 15.9. The molecular weight excluding hydrogens is 310 g/mol. The first-order chi connectivity index (χ1) is 11.0. The number of nitrogens with two attached hydrogens (primary N) is 1. The lowest BCUT2D eigenvalue weighted by Gasteiger charge is -2.35. The largest absolute Gasteiger partial charge is 0.366 e. The third-order valence-corrected chi connectivity index (χ3v) is 4.89. The molecule has 0 atom stereocenters. The molecule has 0 aliphatic carbocycles. The fourth-order valence-corrected chi connectivity index (χ4v) is 3.72. The van der Waals surface area contributed by atoms with E-state index < -0.39 is 0 Å². The van der Waals surface area contributed by atoms with E-state index in [0.717, 1.165) is 50.1 Å². The molecule has 1 saturated heterocycles. The van der Waals surface area contributed by atoms with Crippen LogP contribution < -0.4 is 10.6 Å². The van der Waals surface area contributed by atoms with Crippen molar-refractivity contribution in [2.75, 3.05) is 31.1 Å². The number of rotatable bonds is 4. The molecule has 3 rings (SSSR count). The normalized spacial score (nSPS) is 15.8. The molecule has 3 heterocycles. The third kappa shape index (κ3) is 3.86. The predicted octanol–water partition coefficient (Wildman–Crippen LogP) is 1.58. The van der Waals surface area contributed by atoms with Crippen LogP contribution in [0, 0.1) is 13.8 Å². The van der Waals surface area contributed by atoms with Gasteiger partial charge in [-0.05, 0) is 19.9 Å². The van der Waals surface area contributed by atoms with Crippen LogP contribution in [0.5, 0.6) is 0 Å². The molecular formula is C16H21N5OS. The highest BCUT2D eigenvalue weighted by molar-refractivity contribution is 7.10. The van der Waals surface area contributed by atoms with Gasteiger partial charge in [0.05, 0.1) is 5.56 Å². The van der Waals surface area contributed by atoms with Gasteiger partial charge in [-0.1, -0.05) is 0 Å². The molecule has 2 aromatic rings. The second-order valence-electron chi connectivity index (χ2n) is 5.84. The van der Waals surface area contributed by atoms with Gasteiger partial charge in [0.25, 0.3) is 0 Å². The lowest BCUT2D eigenvalue weighted by atomic mass is 10.2. The fourth-order valence-electron chi connectivity index (χ4n) is 2.81. The fraction of sp³-hybridized carbons (Fsp3) is 0.438. The van der Waals surface area contributed by atoms with E-state index in [-0.39, 0.29) is 5.91 Å². The Hall–Kier alpha value is -1.99. The van der Waals surface area contributed by atoms with Crippen molar-refractivity contribution in [3.05, 3.63) is 39.5 Å². The van der Waals surface area contributed by atoms with Crippen molar-refractivity contribution < 1.29 is 4.79 Å². The minimum absolute atomic E-state index is 0.355. The molecule has 7 heteroatoms. The summed E-state index contributed by atoms with van der Waals surface area (Å²) in [6, 6.07) is 3.94. The van der Waals surface area contributed by atoms with E-state index in [9.17, 15) is 4.79 Å². The summed E-state index contributed by atoms with van der Waals surface area (Å²) in [7, 11) is 0. The number of nitrogens with zero attached hydrogens (tertiary/aromatic N) is 4. The zero-order valence-electron chi connectivity index (χ0n) is 13.5. The van der Waals surface area contributed by atoms with Crippen LogP contribution in [0.2, 0.25) is 0 Å². The van der Waals surface area contributed by atoms with Gasteiger partial charge in [0, 0.05) is 54.7 Å². The van der Waals surface area contributed by atoms with E-state index in [1.807, 2.05) is 31.4 Å². The van der Waals surface area contributed by atoms with E-state index in [0.29, 0.717) is 5.56 Å². The van der Waals surface area contributed by atoms with E-state index >= 15 is 0 Å². The number of piperazine rings is 1. The summed E-state index contributed by atoms with van der Waals surface area (Å²) in [5.41, 5.74) is 6.92. The molecule has 0 saturated carbocycles. The smallest absolute Gasteiger partial charge is 0.249 e. The average molecular weight is 331 g/mol. The third-order valence-electron chi connectivity index (χ3n) is 3.97. The molecule has 1 aliphatic heterocycles. The summed E-state index contributed by atoms with van der Waals surface area (Å²) in [4.78, 5) is 25.9. The van der Waals surface area contributed by atoms with Gasteiger partial charge in [0.2, 0.25) is 5.91 Å². The van der Waals surface area contributed by atoms with Crippen LogP contribution >= 0.6 is 11.3 Å². The number of hydrogen-bond donors (Lipinski definition) is 1. The number of hydrogen-bond acceptors (Lipinski definition) is 6. The zero-order chi connectivity index (χ0) is 16.4. The van der Waals surface area contributed by atoms with Crippen molar-refractivity contribution in [2.45, 2.75) is 20.4 Å². The molecule has 0 aromatic carbocycles. The number of anilines is 1.